The molecule has 0 spiro atoms. The highest BCUT2D eigenvalue weighted by molar-refractivity contribution is 7.87. The smallest absolute Gasteiger partial charge is 0.278 e. The fourth-order valence-electron chi connectivity index (χ4n) is 3.28. The molecule has 0 radical (unpaired) electrons. The fourth-order valence-corrected chi connectivity index (χ4v) is 3.90. The number of rotatable bonds is 9. The van der Waals surface area contributed by atoms with Gasteiger partial charge in [-0.2, -0.15) is 17.8 Å². The monoisotopic (exact) mass is 418 g/mol. The van der Waals surface area contributed by atoms with Gasteiger partial charge in [0.05, 0.1) is 11.7 Å². The Kier molecular flexibility index (Phi) is 6.30. The lowest BCUT2D eigenvalue weighted by molar-refractivity contribution is 0.506. The third-order valence-corrected chi connectivity index (χ3v) is 6.31. The molecule has 0 aliphatic heterocycles. The summed E-state index contributed by atoms with van der Waals surface area (Å²) in [4.78, 5) is 0. The Labute approximate surface area is 172 Å². The molecule has 0 aliphatic rings. The second kappa shape index (κ2) is 8.56. The number of anilines is 2. The summed E-state index contributed by atoms with van der Waals surface area (Å²) in [6.45, 7) is 5.63. The van der Waals surface area contributed by atoms with E-state index in [0.717, 1.165) is 34.5 Å². The van der Waals surface area contributed by atoms with Crippen LogP contribution in [0.2, 0.25) is 0 Å². The van der Waals surface area contributed by atoms with Gasteiger partial charge in [-0.3, -0.25) is 4.68 Å². The first kappa shape index (κ1) is 21.4. The van der Waals surface area contributed by atoms with Crippen molar-refractivity contribution in [3.05, 3.63) is 42.2 Å². The summed E-state index contributed by atoms with van der Waals surface area (Å²) in [6, 6.07) is 8.21. The van der Waals surface area contributed by atoms with E-state index in [0.29, 0.717) is 18.9 Å². The van der Waals surface area contributed by atoms with Crippen molar-refractivity contribution in [3.63, 3.8) is 0 Å². The summed E-state index contributed by atoms with van der Waals surface area (Å²) in [5, 5.41) is 8.73. The Balaban J connectivity index is 1.87. The van der Waals surface area contributed by atoms with Crippen molar-refractivity contribution in [1.29, 1.82) is 0 Å². The van der Waals surface area contributed by atoms with Gasteiger partial charge in [-0.1, -0.05) is 19.9 Å². The molecule has 158 valence electrons. The molecule has 3 rings (SSSR count). The average Bonchev–Trinajstić information content (AvgIpc) is 3.18. The minimum Gasteiger partial charge on any atom is -0.347 e. The largest absolute Gasteiger partial charge is 0.347 e. The molecule has 0 amide bonds. The lowest BCUT2D eigenvalue weighted by Gasteiger charge is -2.12. The van der Waals surface area contributed by atoms with Crippen LogP contribution in [0.4, 0.5) is 11.5 Å². The number of aryl methyl sites for hydroxylation is 1. The third kappa shape index (κ3) is 4.98. The molecule has 0 fully saturated rings. The number of hydrogen-bond acceptors (Lipinski definition) is 4. The van der Waals surface area contributed by atoms with Crippen molar-refractivity contribution < 1.29 is 8.42 Å². The van der Waals surface area contributed by atoms with Crippen LogP contribution in [0.15, 0.2) is 36.7 Å². The quantitative estimate of drug-likeness (QED) is 0.560. The fraction of sp³-hybridized carbons (Fsp3) is 0.450. The SMILES string of the molecule is CC(C)Cn1cc(CCNS(=O)(=O)N(C)C)c2ccc(Nc3ccnn3C)cc21. The van der Waals surface area contributed by atoms with E-state index >= 15 is 0 Å². The van der Waals surface area contributed by atoms with E-state index in [9.17, 15) is 8.42 Å². The summed E-state index contributed by atoms with van der Waals surface area (Å²) in [7, 11) is 1.53. The number of benzene rings is 1. The zero-order valence-electron chi connectivity index (χ0n) is 17.7. The van der Waals surface area contributed by atoms with Gasteiger partial charge < -0.3 is 9.88 Å². The minimum absolute atomic E-state index is 0.357. The summed E-state index contributed by atoms with van der Waals surface area (Å²) in [5.74, 6) is 1.42. The van der Waals surface area contributed by atoms with Crippen molar-refractivity contribution >= 4 is 32.6 Å². The van der Waals surface area contributed by atoms with Crippen LogP contribution in [-0.2, 0) is 30.2 Å². The highest BCUT2D eigenvalue weighted by atomic mass is 32.2. The summed E-state index contributed by atoms with van der Waals surface area (Å²) in [6.07, 6.45) is 4.53. The molecule has 0 aliphatic carbocycles. The molecule has 1 aromatic carbocycles. The maximum absolute atomic E-state index is 12.0. The van der Waals surface area contributed by atoms with E-state index < -0.39 is 10.2 Å². The Morgan fingerprint density at radius 1 is 1.21 bits per heavy atom. The van der Waals surface area contributed by atoms with Gasteiger partial charge in [-0.05, 0) is 30.0 Å². The van der Waals surface area contributed by atoms with Crippen molar-refractivity contribution in [1.82, 2.24) is 23.4 Å². The Bertz CT molecular complexity index is 1080. The zero-order chi connectivity index (χ0) is 21.2. The number of aromatic nitrogens is 3. The van der Waals surface area contributed by atoms with E-state index in [4.69, 9.17) is 0 Å². The zero-order valence-corrected chi connectivity index (χ0v) is 18.5. The first-order valence-electron chi connectivity index (χ1n) is 9.71. The second-order valence-electron chi connectivity index (χ2n) is 7.83. The maximum Gasteiger partial charge on any atom is 0.278 e. The van der Waals surface area contributed by atoms with E-state index in [2.05, 4.69) is 51.9 Å². The van der Waals surface area contributed by atoms with Crippen molar-refractivity contribution in [2.24, 2.45) is 13.0 Å². The molecule has 8 nitrogen and oxygen atoms in total. The molecular formula is C20H30N6O2S. The first-order valence-corrected chi connectivity index (χ1v) is 11.2. The summed E-state index contributed by atoms with van der Waals surface area (Å²) < 4.78 is 31.8. The van der Waals surface area contributed by atoms with Crippen LogP contribution >= 0.6 is 0 Å². The normalized spacial score (nSPS) is 12.4. The Hall–Kier alpha value is -2.36. The van der Waals surface area contributed by atoms with E-state index in [-0.39, 0.29) is 0 Å². The molecule has 2 heterocycles. The molecular weight excluding hydrogens is 388 g/mol. The van der Waals surface area contributed by atoms with Crippen LogP contribution in [0, 0.1) is 5.92 Å². The highest BCUT2D eigenvalue weighted by Gasteiger charge is 2.14. The molecule has 3 aromatic rings. The molecule has 0 saturated carbocycles. The predicted molar refractivity (Wildman–Crippen MR) is 118 cm³/mol. The number of nitrogens with zero attached hydrogens (tertiary/aromatic N) is 4. The Morgan fingerprint density at radius 3 is 2.59 bits per heavy atom. The maximum atomic E-state index is 12.0. The lowest BCUT2D eigenvalue weighted by Crippen LogP contribution is -2.36. The van der Waals surface area contributed by atoms with Crippen LogP contribution in [0.3, 0.4) is 0 Å². The van der Waals surface area contributed by atoms with E-state index in [1.807, 2.05) is 19.2 Å². The van der Waals surface area contributed by atoms with Gasteiger partial charge >= 0.3 is 0 Å². The third-order valence-electron chi connectivity index (χ3n) is 4.78. The van der Waals surface area contributed by atoms with Crippen molar-refractivity contribution in [3.8, 4) is 0 Å². The van der Waals surface area contributed by atoms with Crippen LogP contribution in [0.5, 0.6) is 0 Å². The molecule has 0 saturated heterocycles. The van der Waals surface area contributed by atoms with Gasteiger partial charge in [0.25, 0.3) is 10.2 Å². The number of hydrogen-bond donors (Lipinski definition) is 2. The standard InChI is InChI=1S/C20H30N6O2S/c1-15(2)13-26-14-16(8-11-22-29(27,28)24(3)4)18-7-6-17(12-19(18)26)23-20-9-10-21-25(20)5/h6-7,9-10,12,14-15,22-23H,8,11,13H2,1-5H3. The van der Waals surface area contributed by atoms with E-state index in [1.165, 1.54) is 18.4 Å². The van der Waals surface area contributed by atoms with Gasteiger partial charge in [0.2, 0.25) is 0 Å². The molecule has 9 heteroatoms. The molecule has 2 N–H and O–H groups in total. The van der Waals surface area contributed by atoms with Crippen LogP contribution in [-0.4, -0.2) is 47.7 Å². The molecule has 0 atom stereocenters. The van der Waals surface area contributed by atoms with Crippen LogP contribution in [0.25, 0.3) is 10.9 Å². The average molecular weight is 419 g/mol. The molecule has 2 aromatic heterocycles. The van der Waals surface area contributed by atoms with Gasteiger partial charge in [-0.15, -0.1) is 0 Å². The van der Waals surface area contributed by atoms with Crippen molar-refractivity contribution in [2.75, 3.05) is 26.0 Å². The van der Waals surface area contributed by atoms with E-state index in [1.54, 1.807) is 10.9 Å². The highest BCUT2D eigenvalue weighted by Crippen LogP contribution is 2.27. The number of fused-ring (bicyclic) bond motifs is 1. The molecule has 0 bridgehead atoms. The van der Waals surface area contributed by atoms with Crippen LogP contribution < -0.4 is 10.0 Å². The predicted octanol–water partition coefficient (Wildman–Crippen LogP) is 2.71. The second-order valence-corrected chi connectivity index (χ2v) is 9.80. The topological polar surface area (TPSA) is 84.2 Å². The lowest BCUT2D eigenvalue weighted by atomic mass is 10.1. The van der Waals surface area contributed by atoms with Crippen molar-refractivity contribution in [2.45, 2.75) is 26.8 Å². The van der Waals surface area contributed by atoms with Gasteiger partial charge in [0.1, 0.15) is 5.82 Å². The van der Waals surface area contributed by atoms with Gasteiger partial charge in [-0.25, -0.2) is 4.72 Å². The first-order chi connectivity index (χ1) is 13.7. The summed E-state index contributed by atoms with van der Waals surface area (Å²) >= 11 is 0. The number of nitrogens with one attached hydrogen (secondary N) is 2. The molecule has 0 unspecified atom stereocenters. The molecule has 29 heavy (non-hydrogen) atoms. The van der Waals surface area contributed by atoms with Crippen LogP contribution in [0.1, 0.15) is 19.4 Å². The van der Waals surface area contributed by atoms with Gasteiger partial charge in [0, 0.05) is 57.6 Å². The Morgan fingerprint density at radius 2 is 1.97 bits per heavy atom. The minimum atomic E-state index is -3.42. The van der Waals surface area contributed by atoms with Gasteiger partial charge in [0.15, 0.2) is 0 Å². The summed E-state index contributed by atoms with van der Waals surface area (Å²) in [5.41, 5.74) is 3.26.